The first-order valence-electron chi connectivity index (χ1n) is 2.49. The van der Waals surface area contributed by atoms with E-state index in [2.05, 4.69) is 10.6 Å². The molecule has 8 heavy (non-hydrogen) atoms. The molecule has 4 heteroatoms. The highest BCUT2D eigenvalue weighted by Gasteiger charge is 2.18. The van der Waals surface area contributed by atoms with E-state index in [1.165, 1.54) is 0 Å². The van der Waals surface area contributed by atoms with Crippen molar-refractivity contribution in [3.63, 3.8) is 0 Å². The first-order chi connectivity index (χ1) is 3.83. The molecule has 0 saturated carbocycles. The normalized spacial score (nSPS) is 38.2. The first kappa shape index (κ1) is 6.29. The summed E-state index contributed by atoms with van der Waals surface area (Å²) in [4.78, 5) is 0. The van der Waals surface area contributed by atoms with Crippen LogP contribution in [0.5, 0.6) is 0 Å². The van der Waals surface area contributed by atoms with Gasteiger partial charge in [0.05, 0.1) is 5.50 Å². The number of hydrogen-bond acceptors (Lipinski definition) is 3. The zero-order chi connectivity index (χ0) is 5.98. The second-order valence-corrected chi connectivity index (χ2v) is 2.19. The van der Waals surface area contributed by atoms with Gasteiger partial charge in [-0.1, -0.05) is 0 Å². The van der Waals surface area contributed by atoms with E-state index in [4.69, 9.17) is 16.3 Å². The van der Waals surface area contributed by atoms with Crippen LogP contribution in [-0.2, 0) is 4.74 Å². The fourth-order valence-corrected chi connectivity index (χ4v) is 0.848. The molecular weight excluding hydrogens is 128 g/mol. The summed E-state index contributed by atoms with van der Waals surface area (Å²) in [5, 5.41) is 5.93. The number of ether oxygens (including phenoxy) is 1. The Balaban J connectivity index is 2.22. The summed E-state index contributed by atoms with van der Waals surface area (Å²) in [5.74, 6) is 0. The monoisotopic (exact) mass is 136 g/mol. The summed E-state index contributed by atoms with van der Waals surface area (Å²) in [6.45, 7) is 0.764. The van der Waals surface area contributed by atoms with Gasteiger partial charge in [-0.15, -0.1) is 11.6 Å². The molecule has 1 saturated heterocycles. The average Bonchev–Trinajstić information content (AvgIpc) is 2.14. The summed E-state index contributed by atoms with van der Waals surface area (Å²) in [6.07, 6.45) is -0.0579. The lowest BCUT2D eigenvalue weighted by Crippen LogP contribution is -2.33. The molecule has 0 aromatic heterocycles. The molecule has 3 nitrogen and oxygen atoms in total. The molecule has 1 aliphatic heterocycles. The van der Waals surface area contributed by atoms with Gasteiger partial charge in [0.2, 0.25) is 0 Å². The minimum Gasteiger partial charge on any atom is -0.353 e. The van der Waals surface area contributed by atoms with Crippen LogP contribution >= 0.6 is 11.6 Å². The Labute approximate surface area is 53.3 Å². The average molecular weight is 137 g/mol. The Bertz CT molecular complexity index is 80.4. The second-order valence-electron chi connectivity index (χ2n) is 1.66. The minimum atomic E-state index is -0.0579. The van der Waals surface area contributed by atoms with Crippen LogP contribution in [0.15, 0.2) is 0 Å². The third-order valence-corrected chi connectivity index (χ3v) is 1.33. The zero-order valence-electron chi connectivity index (χ0n) is 4.65. The molecule has 0 aromatic carbocycles. The van der Waals surface area contributed by atoms with Crippen molar-refractivity contribution in [1.29, 1.82) is 0 Å². The molecule has 2 atom stereocenters. The van der Waals surface area contributed by atoms with Crippen molar-refractivity contribution < 1.29 is 4.74 Å². The SMILES string of the molecule is COC1NCC(Cl)N1. The lowest BCUT2D eigenvalue weighted by molar-refractivity contribution is 0.0725. The molecule has 0 bridgehead atoms. The van der Waals surface area contributed by atoms with Crippen molar-refractivity contribution >= 4 is 11.6 Å². The van der Waals surface area contributed by atoms with Crippen LogP contribution in [0.4, 0.5) is 0 Å². The Morgan fingerprint density at radius 2 is 2.50 bits per heavy atom. The largest absolute Gasteiger partial charge is 0.353 e. The number of methoxy groups -OCH3 is 1. The highest BCUT2D eigenvalue weighted by molar-refractivity contribution is 6.20. The second kappa shape index (κ2) is 2.64. The molecule has 0 aromatic rings. The molecule has 2 unspecified atom stereocenters. The van der Waals surface area contributed by atoms with E-state index < -0.39 is 0 Å². The van der Waals surface area contributed by atoms with E-state index in [-0.39, 0.29) is 11.9 Å². The van der Waals surface area contributed by atoms with Crippen LogP contribution in [0.3, 0.4) is 0 Å². The van der Waals surface area contributed by atoms with Gasteiger partial charge in [-0.2, -0.15) is 0 Å². The smallest absolute Gasteiger partial charge is 0.164 e. The maximum Gasteiger partial charge on any atom is 0.164 e. The quantitative estimate of drug-likeness (QED) is 0.383. The van der Waals surface area contributed by atoms with E-state index in [0.29, 0.717) is 0 Å². The van der Waals surface area contributed by atoms with Gasteiger partial charge >= 0.3 is 0 Å². The van der Waals surface area contributed by atoms with Gasteiger partial charge in [0.1, 0.15) is 0 Å². The summed E-state index contributed by atoms with van der Waals surface area (Å²) in [5.41, 5.74) is 0.0138. The van der Waals surface area contributed by atoms with Gasteiger partial charge < -0.3 is 4.74 Å². The predicted molar refractivity (Wildman–Crippen MR) is 31.6 cm³/mol. The molecule has 1 aliphatic rings. The number of hydrogen-bond donors (Lipinski definition) is 2. The molecule has 0 radical (unpaired) electrons. The number of halogens is 1. The van der Waals surface area contributed by atoms with Crippen molar-refractivity contribution in [3.8, 4) is 0 Å². The van der Waals surface area contributed by atoms with Gasteiger partial charge in [0.15, 0.2) is 6.35 Å². The van der Waals surface area contributed by atoms with Crippen LogP contribution in [0.25, 0.3) is 0 Å². The highest BCUT2D eigenvalue weighted by Crippen LogP contribution is 1.98. The number of nitrogens with one attached hydrogen (secondary N) is 2. The van der Waals surface area contributed by atoms with Crippen LogP contribution in [0, 0.1) is 0 Å². The Morgan fingerprint density at radius 1 is 1.75 bits per heavy atom. The van der Waals surface area contributed by atoms with Crippen molar-refractivity contribution in [1.82, 2.24) is 10.6 Å². The first-order valence-corrected chi connectivity index (χ1v) is 2.93. The van der Waals surface area contributed by atoms with Gasteiger partial charge in [-0.25, -0.2) is 0 Å². The molecule has 1 heterocycles. The number of rotatable bonds is 1. The third kappa shape index (κ3) is 1.32. The van der Waals surface area contributed by atoms with Crippen molar-refractivity contribution in [3.05, 3.63) is 0 Å². The van der Waals surface area contributed by atoms with Gasteiger partial charge in [-0.05, 0) is 0 Å². The lowest BCUT2D eigenvalue weighted by Gasteiger charge is -2.06. The topological polar surface area (TPSA) is 33.3 Å². The minimum absolute atomic E-state index is 0.0138. The van der Waals surface area contributed by atoms with Crippen LogP contribution in [0.1, 0.15) is 0 Å². The third-order valence-electron chi connectivity index (χ3n) is 1.05. The standard InChI is InChI=1S/C4H9ClN2O/c1-8-4-6-2-3(5)7-4/h3-4,6-7H,2H2,1H3. The zero-order valence-corrected chi connectivity index (χ0v) is 5.40. The Morgan fingerprint density at radius 3 is 2.75 bits per heavy atom. The van der Waals surface area contributed by atoms with Crippen LogP contribution in [0.2, 0.25) is 0 Å². The molecule has 0 amide bonds. The van der Waals surface area contributed by atoms with E-state index in [1.54, 1.807) is 7.11 Å². The molecule has 48 valence electrons. The predicted octanol–water partition coefficient (Wildman–Crippen LogP) is -0.326. The van der Waals surface area contributed by atoms with E-state index in [0.717, 1.165) is 6.54 Å². The van der Waals surface area contributed by atoms with E-state index in [9.17, 15) is 0 Å². The summed E-state index contributed by atoms with van der Waals surface area (Å²) in [7, 11) is 1.62. The molecule has 1 rings (SSSR count). The highest BCUT2D eigenvalue weighted by atomic mass is 35.5. The summed E-state index contributed by atoms with van der Waals surface area (Å²) < 4.78 is 4.87. The van der Waals surface area contributed by atoms with E-state index >= 15 is 0 Å². The van der Waals surface area contributed by atoms with Crippen LogP contribution < -0.4 is 10.6 Å². The maximum absolute atomic E-state index is 5.63. The lowest BCUT2D eigenvalue weighted by atomic mass is 10.7. The van der Waals surface area contributed by atoms with Crippen molar-refractivity contribution in [2.75, 3.05) is 13.7 Å². The Kier molecular flexibility index (Phi) is 2.08. The van der Waals surface area contributed by atoms with Gasteiger partial charge in [0.25, 0.3) is 0 Å². The molecule has 0 aliphatic carbocycles. The number of alkyl halides is 1. The molecule has 0 spiro atoms. The maximum atomic E-state index is 5.63. The summed E-state index contributed by atoms with van der Waals surface area (Å²) in [6, 6.07) is 0. The summed E-state index contributed by atoms with van der Waals surface area (Å²) >= 11 is 5.63. The fraction of sp³-hybridized carbons (Fsp3) is 1.00. The van der Waals surface area contributed by atoms with Crippen molar-refractivity contribution in [2.24, 2.45) is 0 Å². The van der Waals surface area contributed by atoms with Crippen LogP contribution in [-0.4, -0.2) is 25.5 Å². The van der Waals surface area contributed by atoms with Gasteiger partial charge in [-0.3, -0.25) is 10.6 Å². The van der Waals surface area contributed by atoms with Crippen molar-refractivity contribution in [2.45, 2.75) is 11.9 Å². The van der Waals surface area contributed by atoms with E-state index in [1.807, 2.05) is 0 Å². The molecule has 1 fully saturated rings. The van der Waals surface area contributed by atoms with Gasteiger partial charge in [0, 0.05) is 13.7 Å². The fourth-order valence-electron chi connectivity index (χ4n) is 0.644. The molecular formula is C4H9ClN2O. The Hall–Kier alpha value is 0.170. The molecule has 2 N–H and O–H groups in total.